The van der Waals surface area contributed by atoms with Gasteiger partial charge in [-0.25, -0.2) is 9.97 Å². The molecule has 0 aliphatic rings. The summed E-state index contributed by atoms with van der Waals surface area (Å²) in [5, 5.41) is 8.78. The Morgan fingerprint density at radius 3 is 2.61 bits per heavy atom. The summed E-state index contributed by atoms with van der Waals surface area (Å²) in [6.07, 6.45) is 3.73. The third-order valence-electron chi connectivity index (χ3n) is 5.18. The molecule has 3 heterocycles. The van der Waals surface area contributed by atoms with Gasteiger partial charge in [-0.3, -0.25) is 4.68 Å². The van der Waals surface area contributed by atoms with Gasteiger partial charge in [0.25, 0.3) is 0 Å². The molecule has 0 unspecified atom stereocenters. The molecule has 31 heavy (non-hydrogen) atoms. The second-order valence-electron chi connectivity index (χ2n) is 7.35. The summed E-state index contributed by atoms with van der Waals surface area (Å²) in [7, 11) is 2.06. The van der Waals surface area contributed by atoms with Gasteiger partial charge in [-0.1, -0.05) is 60.1 Å². The predicted octanol–water partition coefficient (Wildman–Crippen LogP) is 5.89. The van der Waals surface area contributed by atoms with Crippen molar-refractivity contribution in [2.24, 2.45) is 0 Å². The molecule has 0 saturated heterocycles. The monoisotopic (exact) mass is 445 g/mol. The summed E-state index contributed by atoms with van der Waals surface area (Å²) < 4.78 is 1.97. The van der Waals surface area contributed by atoms with Crippen LogP contribution >= 0.6 is 22.9 Å². The number of fused-ring (bicyclic) bond motifs is 1. The molecule has 154 valence electrons. The molecule has 0 aliphatic carbocycles. The molecule has 0 fully saturated rings. The zero-order chi connectivity index (χ0) is 21.2. The summed E-state index contributed by atoms with van der Waals surface area (Å²) >= 11 is 8.01. The highest BCUT2D eigenvalue weighted by Gasteiger charge is 2.16. The maximum Gasteiger partial charge on any atom is 0.140 e. The van der Waals surface area contributed by atoms with Crippen LogP contribution in [0.5, 0.6) is 0 Å². The first kappa shape index (κ1) is 19.7. The van der Waals surface area contributed by atoms with Gasteiger partial charge < -0.3 is 4.90 Å². The van der Waals surface area contributed by atoms with Crippen LogP contribution in [0.1, 0.15) is 11.1 Å². The first-order valence-electron chi connectivity index (χ1n) is 9.93. The van der Waals surface area contributed by atoms with Crippen molar-refractivity contribution in [2.45, 2.75) is 13.1 Å². The quantitative estimate of drug-likeness (QED) is 0.327. The summed E-state index contributed by atoms with van der Waals surface area (Å²) in [6.45, 7) is 1.29. The minimum absolute atomic E-state index is 0.617. The van der Waals surface area contributed by atoms with E-state index in [0.717, 1.165) is 43.4 Å². The van der Waals surface area contributed by atoms with Crippen LogP contribution in [0.3, 0.4) is 0 Å². The van der Waals surface area contributed by atoms with Gasteiger partial charge in [0, 0.05) is 35.9 Å². The van der Waals surface area contributed by atoms with Crippen LogP contribution in [-0.2, 0) is 13.1 Å². The Morgan fingerprint density at radius 2 is 1.77 bits per heavy atom. The molecule has 0 atom stereocenters. The van der Waals surface area contributed by atoms with Crippen LogP contribution in [0.15, 0.2) is 78.6 Å². The van der Waals surface area contributed by atoms with Crippen molar-refractivity contribution in [3.63, 3.8) is 0 Å². The lowest BCUT2D eigenvalue weighted by atomic mass is 10.1. The minimum Gasteiger partial charge on any atom is -0.355 e. The van der Waals surface area contributed by atoms with Gasteiger partial charge >= 0.3 is 0 Å². The second-order valence-corrected chi connectivity index (χ2v) is 8.65. The van der Waals surface area contributed by atoms with Gasteiger partial charge in [-0.2, -0.15) is 5.10 Å². The van der Waals surface area contributed by atoms with Crippen LogP contribution < -0.4 is 4.90 Å². The van der Waals surface area contributed by atoms with Gasteiger partial charge in [-0.15, -0.1) is 11.3 Å². The summed E-state index contributed by atoms with van der Waals surface area (Å²) in [6, 6.07) is 20.2. The van der Waals surface area contributed by atoms with E-state index in [1.165, 1.54) is 0 Å². The lowest BCUT2D eigenvalue weighted by Gasteiger charge is -2.18. The smallest absolute Gasteiger partial charge is 0.140 e. The van der Waals surface area contributed by atoms with E-state index in [9.17, 15) is 0 Å². The first-order chi connectivity index (χ1) is 15.2. The number of rotatable bonds is 6. The largest absolute Gasteiger partial charge is 0.355 e. The fourth-order valence-electron chi connectivity index (χ4n) is 3.71. The molecule has 0 aliphatic heterocycles. The Labute approximate surface area is 189 Å². The van der Waals surface area contributed by atoms with Crippen molar-refractivity contribution >= 4 is 39.0 Å². The van der Waals surface area contributed by atoms with Crippen LogP contribution in [0.4, 0.5) is 5.82 Å². The van der Waals surface area contributed by atoms with Crippen molar-refractivity contribution in [3.05, 3.63) is 94.7 Å². The third-order valence-corrected chi connectivity index (χ3v) is 6.37. The Hall–Kier alpha value is -3.22. The van der Waals surface area contributed by atoms with E-state index in [1.54, 1.807) is 17.7 Å². The lowest BCUT2D eigenvalue weighted by molar-refractivity contribution is 0.688. The number of nitrogens with zero attached hydrogens (tertiary/aromatic N) is 5. The van der Waals surface area contributed by atoms with Gasteiger partial charge in [0.15, 0.2) is 0 Å². The van der Waals surface area contributed by atoms with Crippen molar-refractivity contribution < 1.29 is 0 Å². The molecular weight excluding hydrogens is 426 g/mol. The molecule has 7 heteroatoms. The third kappa shape index (κ3) is 4.04. The Balaban J connectivity index is 1.51. The Morgan fingerprint density at radius 1 is 0.968 bits per heavy atom. The van der Waals surface area contributed by atoms with Crippen molar-refractivity contribution in [3.8, 4) is 11.3 Å². The molecule has 5 rings (SSSR count). The highest BCUT2D eigenvalue weighted by Crippen LogP contribution is 2.29. The van der Waals surface area contributed by atoms with E-state index < -0.39 is 0 Å². The molecule has 3 aromatic heterocycles. The van der Waals surface area contributed by atoms with Crippen molar-refractivity contribution in [2.75, 3.05) is 11.9 Å². The molecule has 0 N–H and O–H groups in total. The zero-order valence-electron chi connectivity index (χ0n) is 16.9. The predicted molar refractivity (Wildman–Crippen MR) is 128 cm³/mol. The van der Waals surface area contributed by atoms with E-state index in [2.05, 4.69) is 46.3 Å². The van der Waals surface area contributed by atoms with E-state index in [-0.39, 0.29) is 0 Å². The Kier molecular flexibility index (Phi) is 5.40. The zero-order valence-corrected chi connectivity index (χ0v) is 18.5. The molecule has 0 radical (unpaired) electrons. The maximum atomic E-state index is 6.38. The van der Waals surface area contributed by atoms with Gasteiger partial charge in [0.05, 0.1) is 17.6 Å². The first-order valence-corrected chi connectivity index (χ1v) is 11.2. The van der Waals surface area contributed by atoms with Gasteiger partial charge in [-0.05, 0) is 23.1 Å². The second kappa shape index (κ2) is 8.49. The fraction of sp³-hybridized carbons (Fsp3) is 0.125. The van der Waals surface area contributed by atoms with Gasteiger partial charge in [0.2, 0.25) is 0 Å². The average molecular weight is 446 g/mol. The topological polar surface area (TPSA) is 46.8 Å². The number of benzene rings is 2. The molecule has 0 bridgehead atoms. The van der Waals surface area contributed by atoms with E-state index in [4.69, 9.17) is 16.7 Å². The standard InChI is InChI=1S/C24H20ClN5S/c1-29(23-20-11-12-31-24(20)27-16-26-23)13-19-15-30(14-18-9-5-6-10-21(18)25)28-22(19)17-7-3-2-4-8-17/h2-12,15-16H,13-14H2,1H3. The molecule has 0 saturated carbocycles. The molecule has 0 spiro atoms. The van der Waals surface area contributed by atoms with Gasteiger partial charge in [0.1, 0.15) is 17.0 Å². The molecule has 2 aromatic carbocycles. The fourth-order valence-corrected chi connectivity index (χ4v) is 4.63. The number of anilines is 1. The number of halogens is 1. The van der Waals surface area contributed by atoms with E-state index in [0.29, 0.717) is 13.1 Å². The average Bonchev–Trinajstić information content (AvgIpc) is 3.43. The van der Waals surface area contributed by atoms with Crippen LogP contribution in [0.25, 0.3) is 21.5 Å². The highest BCUT2D eigenvalue weighted by molar-refractivity contribution is 7.16. The van der Waals surface area contributed by atoms with Crippen LogP contribution in [-0.4, -0.2) is 26.8 Å². The van der Waals surface area contributed by atoms with E-state index >= 15 is 0 Å². The maximum absolute atomic E-state index is 6.38. The number of hydrogen-bond donors (Lipinski definition) is 0. The molecule has 5 nitrogen and oxygen atoms in total. The molecular formula is C24H20ClN5S. The normalized spacial score (nSPS) is 11.2. The van der Waals surface area contributed by atoms with Crippen molar-refractivity contribution in [1.82, 2.24) is 19.7 Å². The van der Waals surface area contributed by atoms with Crippen LogP contribution in [0, 0.1) is 0 Å². The number of aromatic nitrogens is 4. The summed E-state index contributed by atoms with van der Waals surface area (Å²) in [5.74, 6) is 0.920. The summed E-state index contributed by atoms with van der Waals surface area (Å²) in [4.78, 5) is 12.1. The van der Waals surface area contributed by atoms with Crippen LogP contribution in [0.2, 0.25) is 5.02 Å². The minimum atomic E-state index is 0.617. The SMILES string of the molecule is CN(Cc1cn(Cc2ccccc2Cl)nc1-c1ccccc1)c1ncnc2sccc12. The number of hydrogen-bond acceptors (Lipinski definition) is 5. The number of thiophene rings is 1. The van der Waals surface area contributed by atoms with E-state index in [1.807, 2.05) is 52.5 Å². The molecule has 5 aromatic rings. The highest BCUT2D eigenvalue weighted by atomic mass is 35.5. The summed E-state index contributed by atoms with van der Waals surface area (Å²) in [5.41, 5.74) is 4.23. The van der Waals surface area contributed by atoms with Crippen molar-refractivity contribution in [1.29, 1.82) is 0 Å². The Bertz CT molecular complexity index is 1330. The molecule has 0 amide bonds. The lowest BCUT2D eigenvalue weighted by Crippen LogP contribution is -2.18.